The standard InChI is InChI=1S/C19H21F3N2O4/c1-26-15-6-3-13(4-7-15)9-10-23-18(25)24-14-5-8-16(27-2)17(11-14)28-12-19(20,21)22/h3-8,11H,9-10,12H2,1-2H3,(H2,23,24,25). The lowest BCUT2D eigenvalue weighted by atomic mass is 10.1. The van der Waals surface area contributed by atoms with Crippen LogP contribution in [0.4, 0.5) is 23.7 Å². The summed E-state index contributed by atoms with van der Waals surface area (Å²) in [7, 11) is 2.90. The van der Waals surface area contributed by atoms with E-state index in [-0.39, 0.29) is 17.2 Å². The normalized spacial score (nSPS) is 10.9. The third-order valence-corrected chi connectivity index (χ3v) is 3.67. The van der Waals surface area contributed by atoms with Crippen LogP contribution < -0.4 is 24.8 Å². The van der Waals surface area contributed by atoms with Crippen LogP contribution in [0.15, 0.2) is 42.5 Å². The van der Waals surface area contributed by atoms with E-state index in [4.69, 9.17) is 14.2 Å². The minimum atomic E-state index is -4.48. The molecule has 0 saturated carbocycles. The quantitative estimate of drug-likeness (QED) is 0.705. The van der Waals surface area contributed by atoms with Gasteiger partial charge in [-0.05, 0) is 36.2 Å². The molecule has 9 heteroatoms. The van der Waals surface area contributed by atoms with Gasteiger partial charge in [0.05, 0.1) is 14.2 Å². The summed E-state index contributed by atoms with van der Waals surface area (Å²) in [4.78, 5) is 12.0. The molecule has 6 nitrogen and oxygen atoms in total. The van der Waals surface area contributed by atoms with Crippen LogP contribution in [0.1, 0.15) is 5.56 Å². The van der Waals surface area contributed by atoms with Crippen molar-refractivity contribution in [3.05, 3.63) is 48.0 Å². The highest BCUT2D eigenvalue weighted by molar-refractivity contribution is 5.89. The molecule has 0 radical (unpaired) electrons. The van der Waals surface area contributed by atoms with Crippen LogP contribution in [0.5, 0.6) is 17.2 Å². The third kappa shape index (κ3) is 6.90. The number of alkyl halides is 3. The monoisotopic (exact) mass is 398 g/mol. The molecule has 0 aliphatic carbocycles. The first-order valence-corrected chi connectivity index (χ1v) is 8.36. The van der Waals surface area contributed by atoms with Crippen molar-refractivity contribution in [3.8, 4) is 17.2 Å². The summed E-state index contributed by atoms with van der Waals surface area (Å²) in [5.41, 5.74) is 1.30. The van der Waals surface area contributed by atoms with E-state index >= 15 is 0 Å². The van der Waals surface area contributed by atoms with Gasteiger partial charge in [0.25, 0.3) is 0 Å². The lowest BCUT2D eigenvalue weighted by Crippen LogP contribution is -2.30. The number of urea groups is 1. The van der Waals surface area contributed by atoms with Crippen molar-refractivity contribution in [2.75, 3.05) is 32.7 Å². The zero-order valence-corrected chi connectivity index (χ0v) is 15.4. The first-order chi connectivity index (χ1) is 13.3. The maximum Gasteiger partial charge on any atom is 0.422 e. The first-order valence-electron chi connectivity index (χ1n) is 8.36. The molecule has 0 heterocycles. The van der Waals surface area contributed by atoms with Crippen LogP contribution in [0.25, 0.3) is 0 Å². The predicted octanol–water partition coefficient (Wildman–Crippen LogP) is 4.01. The number of amides is 2. The van der Waals surface area contributed by atoms with E-state index in [1.807, 2.05) is 24.3 Å². The molecule has 0 bridgehead atoms. The van der Waals surface area contributed by atoms with Gasteiger partial charge in [-0.1, -0.05) is 12.1 Å². The zero-order chi connectivity index (χ0) is 20.6. The van der Waals surface area contributed by atoms with Crippen LogP contribution >= 0.6 is 0 Å². The van der Waals surface area contributed by atoms with Gasteiger partial charge in [-0.3, -0.25) is 0 Å². The van der Waals surface area contributed by atoms with Gasteiger partial charge in [-0.25, -0.2) is 4.79 Å². The highest BCUT2D eigenvalue weighted by Gasteiger charge is 2.29. The number of hydrogen-bond donors (Lipinski definition) is 2. The molecule has 0 aromatic heterocycles. The Bertz CT molecular complexity index is 780. The van der Waals surface area contributed by atoms with Crippen molar-refractivity contribution in [2.24, 2.45) is 0 Å². The molecule has 0 aliphatic rings. The van der Waals surface area contributed by atoms with Crippen molar-refractivity contribution < 1.29 is 32.2 Å². The number of methoxy groups -OCH3 is 2. The molecule has 152 valence electrons. The smallest absolute Gasteiger partial charge is 0.422 e. The summed E-state index contributed by atoms with van der Waals surface area (Å²) in [5.74, 6) is 0.767. The molecular weight excluding hydrogens is 377 g/mol. The van der Waals surface area contributed by atoms with Crippen LogP contribution in [-0.4, -0.2) is 39.6 Å². The number of benzene rings is 2. The molecule has 2 N–H and O–H groups in total. The lowest BCUT2D eigenvalue weighted by Gasteiger charge is -2.14. The first kappa shape index (κ1) is 21.2. The van der Waals surface area contributed by atoms with Crippen LogP contribution in [0.3, 0.4) is 0 Å². The lowest BCUT2D eigenvalue weighted by molar-refractivity contribution is -0.153. The summed E-state index contributed by atoms with van der Waals surface area (Å²) in [6.07, 6.45) is -3.87. The fraction of sp³-hybridized carbons (Fsp3) is 0.316. The fourth-order valence-corrected chi connectivity index (χ4v) is 2.31. The Labute approximate surface area is 160 Å². The largest absolute Gasteiger partial charge is 0.497 e. The molecule has 2 aromatic rings. The summed E-state index contributed by atoms with van der Waals surface area (Å²) in [6, 6.07) is 11.2. The topological polar surface area (TPSA) is 68.8 Å². The average molecular weight is 398 g/mol. The zero-order valence-electron chi connectivity index (χ0n) is 15.4. The molecule has 0 atom stereocenters. The van der Waals surface area contributed by atoms with Gasteiger partial charge in [0, 0.05) is 18.3 Å². The van der Waals surface area contributed by atoms with Crippen molar-refractivity contribution in [1.82, 2.24) is 5.32 Å². The van der Waals surface area contributed by atoms with Gasteiger partial charge in [-0.2, -0.15) is 13.2 Å². The maximum atomic E-state index is 12.4. The van der Waals surface area contributed by atoms with E-state index in [2.05, 4.69) is 10.6 Å². The SMILES string of the molecule is COc1ccc(CCNC(=O)Nc2ccc(OC)c(OCC(F)(F)F)c2)cc1. The van der Waals surface area contributed by atoms with E-state index in [0.29, 0.717) is 13.0 Å². The number of nitrogens with one attached hydrogen (secondary N) is 2. The molecule has 0 fully saturated rings. The van der Waals surface area contributed by atoms with E-state index in [9.17, 15) is 18.0 Å². The Morgan fingerprint density at radius 3 is 2.32 bits per heavy atom. The molecule has 28 heavy (non-hydrogen) atoms. The van der Waals surface area contributed by atoms with E-state index in [0.717, 1.165) is 11.3 Å². The summed E-state index contributed by atoms with van der Waals surface area (Å²) in [5, 5.41) is 5.23. The number of carbonyl (C=O) groups excluding carboxylic acids is 1. The molecule has 0 spiro atoms. The average Bonchev–Trinajstić information content (AvgIpc) is 2.66. The molecule has 0 unspecified atom stereocenters. The van der Waals surface area contributed by atoms with Crippen LogP contribution in [0.2, 0.25) is 0 Å². The molecule has 0 saturated heterocycles. The molecule has 2 aromatic carbocycles. The van der Waals surface area contributed by atoms with Gasteiger partial charge < -0.3 is 24.8 Å². The maximum absolute atomic E-state index is 12.4. The third-order valence-electron chi connectivity index (χ3n) is 3.67. The number of rotatable bonds is 8. The van der Waals surface area contributed by atoms with Gasteiger partial charge in [0.15, 0.2) is 18.1 Å². The number of anilines is 1. The van der Waals surface area contributed by atoms with Crippen molar-refractivity contribution in [1.29, 1.82) is 0 Å². The highest BCUT2D eigenvalue weighted by atomic mass is 19.4. The Balaban J connectivity index is 1.88. The van der Waals surface area contributed by atoms with Crippen LogP contribution in [0, 0.1) is 0 Å². The predicted molar refractivity (Wildman–Crippen MR) is 98.3 cm³/mol. The Kier molecular flexibility index (Phi) is 7.36. The Morgan fingerprint density at radius 1 is 1.00 bits per heavy atom. The van der Waals surface area contributed by atoms with E-state index in [1.165, 1.54) is 25.3 Å². The summed E-state index contributed by atoms with van der Waals surface area (Å²) >= 11 is 0. The van der Waals surface area contributed by atoms with Gasteiger partial charge >= 0.3 is 12.2 Å². The van der Waals surface area contributed by atoms with E-state index in [1.54, 1.807) is 7.11 Å². The second-order valence-electron chi connectivity index (χ2n) is 5.75. The molecule has 0 aliphatic heterocycles. The fourth-order valence-electron chi connectivity index (χ4n) is 2.31. The minimum absolute atomic E-state index is 0.115. The van der Waals surface area contributed by atoms with Crippen molar-refractivity contribution >= 4 is 11.7 Å². The second-order valence-corrected chi connectivity index (χ2v) is 5.75. The van der Waals surface area contributed by atoms with Gasteiger partial charge in [0.2, 0.25) is 0 Å². The van der Waals surface area contributed by atoms with Gasteiger partial charge in [-0.15, -0.1) is 0 Å². The molecular formula is C19H21F3N2O4. The Hall–Kier alpha value is -3.10. The van der Waals surface area contributed by atoms with Crippen LogP contribution in [-0.2, 0) is 6.42 Å². The molecule has 2 amide bonds. The van der Waals surface area contributed by atoms with Gasteiger partial charge in [0.1, 0.15) is 5.75 Å². The minimum Gasteiger partial charge on any atom is -0.497 e. The number of ether oxygens (including phenoxy) is 3. The highest BCUT2D eigenvalue weighted by Crippen LogP contribution is 2.31. The number of carbonyl (C=O) groups is 1. The number of hydrogen-bond acceptors (Lipinski definition) is 4. The summed E-state index contributed by atoms with van der Waals surface area (Å²) in [6.45, 7) is -1.08. The summed E-state index contributed by atoms with van der Waals surface area (Å²) < 4.78 is 51.9. The van der Waals surface area contributed by atoms with Crippen molar-refractivity contribution in [3.63, 3.8) is 0 Å². The molecule has 2 rings (SSSR count). The van der Waals surface area contributed by atoms with Crippen molar-refractivity contribution in [2.45, 2.75) is 12.6 Å². The Morgan fingerprint density at radius 2 is 1.71 bits per heavy atom. The number of halogens is 3. The second kappa shape index (κ2) is 9.72. The van der Waals surface area contributed by atoms with E-state index < -0.39 is 18.8 Å².